The number of aromatic nitrogens is 2. The van der Waals surface area contributed by atoms with Crippen molar-refractivity contribution in [2.45, 2.75) is 25.4 Å². The number of furan rings is 1. The zero-order valence-electron chi connectivity index (χ0n) is 9.57. The van der Waals surface area contributed by atoms with E-state index in [-0.39, 0.29) is 18.0 Å². The van der Waals surface area contributed by atoms with Crippen LogP contribution in [-0.4, -0.2) is 20.2 Å². The highest BCUT2D eigenvalue weighted by atomic mass is 16.4. The molecule has 1 aliphatic carbocycles. The second kappa shape index (κ2) is 3.90. The van der Waals surface area contributed by atoms with Crippen molar-refractivity contribution in [2.75, 3.05) is 0 Å². The fraction of sp³-hybridized carbons (Fsp3) is 0.333. The number of carboxylic acids is 1. The van der Waals surface area contributed by atoms with Gasteiger partial charge in [-0.05, 0) is 18.9 Å². The first-order valence-corrected chi connectivity index (χ1v) is 5.74. The number of rotatable bonds is 4. The molecule has 94 valence electrons. The first-order valence-electron chi connectivity index (χ1n) is 5.74. The SMILES string of the molecule is O=C(O)c1occc1Cn1ccn(C2CC2)c1=O. The summed E-state index contributed by atoms with van der Waals surface area (Å²) < 4.78 is 8.07. The molecular weight excluding hydrogens is 236 g/mol. The third-order valence-corrected chi connectivity index (χ3v) is 3.10. The largest absolute Gasteiger partial charge is 0.475 e. The monoisotopic (exact) mass is 248 g/mol. The maximum absolute atomic E-state index is 12.0. The molecule has 0 radical (unpaired) electrons. The summed E-state index contributed by atoms with van der Waals surface area (Å²) in [5, 5.41) is 8.92. The van der Waals surface area contributed by atoms with Crippen molar-refractivity contribution in [3.8, 4) is 0 Å². The van der Waals surface area contributed by atoms with E-state index in [1.165, 1.54) is 10.8 Å². The molecule has 0 atom stereocenters. The second-order valence-corrected chi connectivity index (χ2v) is 4.43. The van der Waals surface area contributed by atoms with Gasteiger partial charge >= 0.3 is 11.7 Å². The van der Waals surface area contributed by atoms with Crippen LogP contribution in [-0.2, 0) is 6.54 Å². The van der Waals surface area contributed by atoms with Gasteiger partial charge in [-0.25, -0.2) is 9.59 Å². The lowest BCUT2D eigenvalue weighted by atomic mass is 10.2. The van der Waals surface area contributed by atoms with E-state index in [1.54, 1.807) is 23.0 Å². The molecule has 6 nitrogen and oxygen atoms in total. The molecule has 1 aliphatic rings. The van der Waals surface area contributed by atoms with E-state index >= 15 is 0 Å². The lowest BCUT2D eigenvalue weighted by Crippen LogP contribution is -2.24. The van der Waals surface area contributed by atoms with Crippen LogP contribution in [0.2, 0.25) is 0 Å². The van der Waals surface area contributed by atoms with Crippen molar-refractivity contribution in [3.05, 3.63) is 46.5 Å². The fourth-order valence-corrected chi connectivity index (χ4v) is 2.01. The number of carbonyl (C=O) groups is 1. The minimum Gasteiger partial charge on any atom is -0.475 e. The maximum Gasteiger partial charge on any atom is 0.372 e. The molecule has 0 unspecified atom stereocenters. The zero-order valence-corrected chi connectivity index (χ0v) is 9.57. The third-order valence-electron chi connectivity index (χ3n) is 3.10. The number of aromatic carboxylic acids is 1. The van der Waals surface area contributed by atoms with Crippen molar-refractivity contribution in [3.63, 3.8) is 0 Å². The van der Waals surface area contributed by atoms with Gasteiger partial charge in [0, 0.05) is 24.0 Å². The maximum atomic E-state index is 12.0. The van der Waals surface area contributed by atoms with E-state index in [0.29, 0.717) is 11.6 Å². The van der Waals surface area contributed by atoms with Gasteiger partial charge in [0.2, 0.25) is 5.76 Å². The van der Waals surface area contributed by atoms with Crippen molar-refractivity contribution in [2.24, 2.45) is 0 Å². The molecule has 2 heterocycles. The lowest BCUT2D eigenvalue weighted by Gasteiger charge is -2.00. The molecule has 1 N–H and O–H groups in total. The molecule has 0 spiro atoms. The van der Waals surface area contributed by atoms with Crippen LogP contribution in [0.1, 0.15) is 35.0 Å². The van der Waals surface area contributed by atoms with Gasteiger partial charge in [0.05, 0.1) is 12.8 Å². The van der Waals surface area contributed by atoms with Crippen LogP contribution in [0.25, 0.3) is 0 Å². The van der Waals surface area contributed by atoms with E-state index in [4.69, 9.17) is 9.52 Å². The molecule has 0 bridgehead atoms. The molecule has 1 saturated carbocycles. The number of hydrogen-bond donors (Lipinski definition) is 1. The summed E-state index contributed by atoms with van der Waals surface area (Å²) in [6.07, 6.45) is 6.83. The van der Waals surface area contributed by atoms with Crippen molar-refractivity contribution in [1.82, 2.24) is 9.13 Å². The van der Waals surface area contributed by atoms with Gasteiger partial charge in [-0.2, -0.15) is 0 Å². The second-order valence-electron chi connectivity index (χ2n) is 4.43. The van der Waals surface area contributed by atoms with E-state index in [1.807, 2.05) is 0 Å². The van der Waals surface area contributed by atoms with Crippen LogP contribution in [0.4, 0.5) is 0 Å². The van der Waals surface area contributed by atoms with Crippen molar-refractivity contribution < 1.29 is 14.3 Å². The van der Waals surface area contributed by atoms with Crippen LogP contribution in [0.15, 0.2) is 33.9 Å². The number of hydrogen-bond acceptors (Lipinski definition) is 3. The molecule has 0 aromatic carbocycles. The van der Waals surface area contributed by atoms with E-state index in [2.05, 4.69) is 0 Å². The molecule has 0 aliphatic heterocycles. The van der Waals surface area contributed by atoms with Crippen LogP contribution in [0.5, 0.6) is 0 Å². The summed E-state index contributed by atoms with van der Waals surface area (Å²) in [6.45, 7) is 0.219. The average Bonchev–Trinajstić information content (AvgIpc) is 2.95. The molecule has 3 rings (SSSR count). The Kier molecular flexibility index (Phi) is 2.36. The first-order chi connectivity index (χ1) is 8.66. The Morgan fingerprint density at radius 1 is 1.44 bits per heavy atom. The summed E-state index contributed by atoms with van der Waals surface area (Å²) >= 11 is 0. The molecule has 6 heteroatoms. The lowest BCUT2D eigenvalue weighted by molar-refractivity contribution is 0.0660. The molecule has 2 aromatic heterocycles. The van der Waals surface area contributed by atoms with Crippen LogP contribution in [0.3, 0.4) is 0 Å². The summed E-state index contributed by atoms with van der Waals surface area (Å²) in [4.78, 5) is 22.9. The Balaban J connectivity index is 1.90. The standard InChI is InChI=1S/C12H12N2O4/c15-11(16)10-8(3-6-18-10)7-13-4-5-14(12(13)17)9-1-2-9/h3-6,9H,1-2,7H2,(H,15,16). The van der Waals surface area contributed by atoms with Gasteiger partial charge in [0.25, 0.3) is 0 Å². The number of carboxylic acid groups (broad SMARTS) is 1. The van der Waals surface area contributed by atoms with Crippen LogP contribution in [0, 0.1) is 0 Å². The number of imidazole rings is 1. The first kappa shape index (κ1) is 10.9. The highest BCUT2D eigenvalue weighted by Gasteiger charge is 2.25. The summed E-state index contributed by atoms with van der Waals surface area (Å²) in [6, 6.07) is 1.90. The highest BCUT2D eigenvalue weighted by Crippen LogP contribution is 2.33. The Morgan fingerprint density at radius 2 is 2.22 bits per heavy atom. The van der Waals surface area contributed by atoms with E-state index in [9.17, 15) is 9.59 Å². The minimum atomic E-state index is -1.12. The quantitative estimate of drug-likeness (QED) is 0.885. The molecule has 0 saturated heterocycles. The third kappa shape index (κ3) is 1.75. The van der Waals surface area contributed by atoms with Gasteiger partial charge in [-0.3, -0.25) is 9.13 Å². The molecule has 18 heavy (non-hydrogen) atoms. The summed E-state index contributed by atoms with van der Waals surface area (Å²) in [5.74, 6) is -1.23. The van der Waals surface area contributed by atoms with Gasteiger partial charge in [-0.1, -0.05) is 0 Å². The summed E-state index contributed by atoms with van der Waals surface area (Å²) in [5.41, 5.74) is 0.396. The molecule has 0 amide bonds. The Bertz CT molecular complexity index is 645. The smallest absolute Gasteiger partial charge is 0.372 e. The van der Waals surface area contributed by atoms with Crippen molar-refractivity contribution in [1.29, 1.82) is 0 Å². The predicted molar refractivity (Wildman–Crippen MR) is 61.7 cm³/mol. The molecular formula is C12H12N2O4. The molecule has 2 aromatic rings. The highest BCUT2D eigenvalue weighted by molar-refractivity contribution is 5.86. The normalized spacial score (nSPS) is 14.9. The van der Waals surface area contributed by atoms with Crippen LogP contribution < -0.4 is 5.69 Å². The molecule has 1 fully saturated rings. The Hall–Kier alpha value is -2.24. The number of nitrogens with zero attached hydrogens (tertiary/aromatic N) is 2. The zero-order chi connectivity index (χ0) is 12.7. The predicted octanol–water partition coefficient (Wildman–Crippen LogP) is 1.32. The van der Waals surface area contributed by atoms with Gasteiger partial charge in [0.15, 0.2) is 0 Å². The van der Waals surface area contributed by atoms with Gasteiger partial charge in [0.1, 0.15) is 0 Å². The average molecular weight is 248 g/mol. The summed E-state index contributed by atoms with van der Waals surface area (Å²) in [7, 11) is 0. The van der Waals surface area contributed by atoms with Crippen LogP contribution >= 0.6 is 0 Å². The topological polar surface area (TPSA) is 77.4 Å². The Morgan fingerprint density at radius 3 is 2.89 bits per heavy atom. The fourth-order valence-electron chi connectivity index (χ4n) is 2.01. The van der Waals surface area contributed by atoms with Gasteiger partial charge in [-0.15, -0.1) is 0 Å². The minimum absolute atomic E-state index is 0.102. The van der Waals surface area contributed by atoms with Gasteiger partial charge < -0.3 is 9.52 Å². The van der Waals surface area contributed by atoms with E-state index in [0.717, 1.165) is 12.8 Å². The van der Waals surface area contributed by atoms with Crippen molar-refractivity contribution >= 4 is 5.97 Å². The Labute approximate surface area is 102 Å². The van der Waals surface area contributed by atoms with E-state index < -0.39 is 5.97 Å².